The minimum atomic E-state index is 0.132. The number of rotatable bonds is 1. The van der Waals surface area contributed by atoms with Gasteiger partial charge in [-0.1, -0.05) is 84.9 Å². The van der Waals surface area contributed by atoms with E-state index in [2.05, 4.69) is 137 Å². The molecule has 40 heavy (non-hydrogen) atoms. The monoisotopic (exact) mass is 508 g/mol. The van der Waals surface area contributed by atoms with Gasteiger partial charge < -0.3 is 13.9 Å². The Morgan fingerprint density at radius 1 is 0.475 bits per heavy atom. The van der Waals surface area contributed by atoms with Gasteiger partial charge in [0.05, 0.1) is 16.6 Å². The molecule has 0 unspecified atom stereocenters. The van der Waals surface area contributed by atoms with Gasteiger partial charge in [-0.3, -0.25) is 0 Å². The minimum Gasteiger partial charge on any atom is -0.458 e. The van der Waals surface area contributed by atoms with Crippen molar-refractivity contribution in [1.82, 2.24) is 9.13 Å². The lowest BCUT2D eigenvalue weighted by atomic mass is 9.34. The average molecular weight is 508 g/mol. The molecule has 0 saturated heterocycles. The smallest absolute Gasteiger partial charge is 0.256 e. The van der Waals surface area contributed by atoms with Crippen LogP contribution in [0.15, 0.2) is 127 Å². The highest BCUT2D eigenvalue weighted by atomic mass is 16.5. The summed E-state index contributed by atoms with van der Waals surface area (Å²) in [5.74, 6) is 1.90. The molecule has 184 valence electrons. The van der Waals surface area contributed by atoms with Gasteiger partial charge in [-0.25, -0.2) is 0 Å². The Kier molecular flexibility index (Phi) is 3.75. The summed E-state index contributed by atoms with van der Waals surface area (Å²) >= 11 is 0. The zero-order valence-corrected chi connectivity index (χ0v) is 21.5. The second kappa shape index (κ2) is 7.25. The third-order valence-corrected chi connectivity index (χ3v) is 8.96. The van der Waals surface area contributed by atoms with Gasteiger partial charge in [-0.15, -0.1) is 0 Å². The molecule has 0 radical (unpaired) electrons. The molecule has 2 aromatic heterocycles. The molecule has 0 saturated carbocycles. The highest BCUT2D eigenvalue weighted by Crippen LogP contribution is 2.43. The first-order valence-electron chi connectivity index (χ1n) is 13.8. The Morgan fingerprint density at radius 3 is 2.17 bits per heavy atom. The summed E-state index contributed by atoms with van der Waals surface area (Å²) in [7, 11) is 0. The van der Waals surface area contributed by atoms with Crippen LogP contribution in [0.2, 0.25) is 0 Å². The first-order valence-corrected chi connectivity index (χ1v) is 13.8. The average Bonchev–Trinajstić information content (AvgIpc) is 3.53. The molecule has 6 aromatic carbocycles. The molecule has 10 rings (SSSR count). The van der Waals surface area contributed by atoms with Gasteiger partial charge in [-0.05, 0) is 58.9 Å². The lowest BCUT2D eigenvalue weighted by Crippen LogP contribution is -2.58. The van der Waals surface area contributed by atoms with Crippen molar-refractivity contribution in [3.8, 4) is 22.9 Å². The molecule has 0 bridgehead atoms. The van der Waals surface area contributed by atoms with Crippen LogP contribution in [0, 0.1) is 0 Å². The van der Waals surface area contributed by atoms with Crippen LogP contribution in [-0.2, 0) is 0 Å². The van der Waals surface area contributed by atoms with Crippen LogP contribution in [0.1, 0.15) is 0 Å². The third-order valence-electron chi connectivity index (χ3n) is 8.96. The van der Waals surface area contributed by atoms with E-state index in [1.807, 2.05) is 0 Å². The molecule has 4 heterocycles. The highest BCUT2D eigenvalue weighted by Gasteiger charge is 2.40. The van der Waals surface area contributed by atoms with Gasteiger partial charge in [0.1, 0.15) is 11.5 Å². The Bertz CT molecular complexity index is 2360. The van der Waals surface area contributed by atoms with E-state index in [1.54, 1.807) is 0 Å². The van der Waals surface area contributed by atoms with Crippen molar-refractivity contribution in [3.63, 3.8) is 0 Å². The van der Waals surface area contributed by atoms with Gasteiger partial charge >= 0.3 is 0 Å². The van der Waals surface area contributed by atoms with E-state index >= 15 is 0 Å². The molecule has 3 nitrogen and oxygen atoms in total. The van der Waals surface area contributed by atoms with Crippen molar-refractivity contribution in [1.29, 1.82) is 0 Å². The van der Waals surface area contributed by atoms with Crippen LogP contribution in [-0.4, -0.2) is 15.8 Å². The maximum absolute atomic E-state index is 6.49. The molecule has 2 aliphatic rings. The molecular formula is C36H21BN2O. The largest absolute Gasteiger partial charge is 0.458 e. The molecule has 4 heteroatoms. The molecule has 0 aliphatic carbocycles. The predicted molar refractivity (Wildman–Crippen MR) is 166 cm³/mol. The van der Waals surface area contributed by atoms with Crippen molar-refractivity contribution in [2.75, 3.05) is 0 Å². The van der Waals surface area contributed by atoms with E-state index in [-0.39, 0.29) is 6.71 Å². The Balaban J connectivity index is 1.45. The third kappa shape index (κ3) is 2.39. The number of benzene rings is 6. The van der Waals surface area contributed by atoms with Crippen molar-refractivity contribution < 1.29 is 4.74 Å². The van der Waals surface area contributed by atoms with E-state index in [1.165, 1.54) is 71.4 Å². The van der Waals surface area contributed by atoms with Gasteiger partial charge in [0.15, 0.2) is 0 Å². The zero-order chi connectivity index (χ0) is 25.9. The fraction of sp³-hybridized carbons (Fsp3) is 0. The molecule has 0 fully saturated rings. The summed E-state index contributed by atoms with van der Waals surface area (Å²) < 4.78 is 11.4. The maximum atomic E-state index is 6.49. The van der Waals surface area contributed by atoms with E-state index in [9.17, 15) is 0 Å². The molecule has 0 spiro atoms. The summed E-state index contributed by atoms with van der Waals surface area (Å²) in [6, 6.07) is 46.0. The van der Waals surface area contributed by atoms with E-state index < -0.39 is 0 Å². The Labute approximate surface area is 230 Å². The van der Waals surface area contributed by atoms with Crippen LogP contribution < -0.4 is 21.1 Å². The van der Waals surface area contributed by atoms with E-state index in [4.69, 9.17) is 4.74 Å². The number of hydrogen-bond acceptors (Lipinski definition) is 1. The van der Waals surface area contributed by atoms with Crippen LogP contribution in [0.3, 0.4) is 0 Å². The van der Waals surface area contributed by atoms with Crippen molar-refractivity contribution in [3.05, 3.63) is 127 Å². The SMILES string of the molecule is c1ccc(-n2c3ccccc3c3ccc4c(c5cccc6c5n4-c4cccc5c4B6c4ccccc4O5)c32)cc1. The van der Waals surface area contributed by atoms with Gasteiger partial charge in [0, 0.05) is 38.4 Å². The number of nitrogens with zero attached hydrogens (tertiary/aromatic N) is 2. The molecule has 0 amide bonds. The summed E-state index contributed by atoms with van der Waals surface area (Å²) in [5, 5.41) is 5.13. The second-order valence-corrected chi connectivity index (χ2v) is 10.9. The van der Waals surface area contributed by atoms with Crippen LogP contribution >= 0.6 is 0 Å². The maximum Gasteiger partial charge on any atom is 0.256 e. The van der Waals surface area contributed by atoms with E-state index in [0.717, 1.165) is 11.5 Å². The summed E-state index contributed by atoms with van der Waals surface area (Å²) in [5.41, 5.74) is 11.2. The van der Waals surface area contributed by atoms with Gasteiger partial charge in [0.2, 0.25) is 0 Å². The quantitative estimate of drug-likeness (QED) is 0.223. The molecule has 0 N–H and O–H groups in total. The fourth-order valence-electron chi connectivity index (χ4n) is 7.48. The second-order valence-electron chi connectivity index (χ2n) is 10.9. The molecule has 0 atom stereocenters. The summed E-state index contributed by atoms with van der Waals surface area (Å²) in [6.45, 7) is 0.132. The normalized spacial score (nSPS) is 13.2. The lowest BCUT2D eigenvalue weighted by Gasteiger charge is -2.33. The van der Waals surface area contributed by atoms with Crippen molar-refractivity contribution in [2.45, 2.75) is 0 Å². The van der Waals surface area contributed by atoms with Crippen LogP contribution in [0.25, 0.3) is 55.0 Å². The van der Waals surface area contributed by atoms with Crippen molar-refractivity contribution in [2.24, 2.45) is 0 Å². The van der Waals surface area contributed by atoms with Gasteiger partial charge in [0.25, 0.3) is 6.71 Å². The fourth-order valence-corrected chi connectivity index (χ4v) is 7.48. The van der Waals surface area contributed by atoms with E-state index in [0.29, 0.717) is 0 Å². The number of ether oxygens (including phenoxy) is 1. The van der Waals surface area contributed by atoms with Gasteiger partial charge in [-0.2, -0.15) is 0 Å². The van der Waals surface area contributed by atoms with Crippen molar-refractivity contribution >= 4 is 66.7 Å². The first-order chi connectivity index (χ1) is 19.9. The number of hydrogen-bond donors (Lipinski definition) is 0. The Hall–Kier alpha value is -5.22. The molecule has 8 aromatic rings. The highest BCUT2D eigenvalue weighted by molar-refractivity contribution is 6.99. The summed E-state index contributed by atoms with van der Waals surface area (Å²) in [6.07, 6.45) is 0. The Morgan fingerprint density at radius 2 is 1.23 bits per heavy atom. The van der Waals surface area contributed by atoms with Crippen LogP contribution in [0.4, 0.5) is 0 Å². The summed E-state index contributed by atoms with van der Waals surface area (Å²) in [4.78, 5) is 0. The minimum absolute atomic E-state index is 0.132. The van der Waals surface area contributed by atoms with Crippen LogP contribution in [0.5, 0.6) is 11.5 Å². The number of aromatic nitrogens is 2. The number of fused-ring (bicyclic) bond motifs is 11. The topological polar surface area (TPSA) is 19.1 Å². The number of para-hydroxylation sites is 4. The molecular weight excluding hydrogens is 487 g/mol. The molecule has 2 aliphatic heterocycles. The zero-order valence-electron chi connectivity index (χ0n) is 21.5. The standard InChI is InChI=1S/C36H21BN2O/c1-2-10-22(11-3-1)38-28-16-6-4-12-23(28)24-20-21-29-33(36(24)38)25-13-8-15-27-35(25)39(29)30-17-9-19-32-34(30)37(27)26-14-5-7-18-31(26)40-32/h1-21H. The first kappa shape index (κ1) is 20.7. The lowest BCUT2D eigenvalue weighted by molar-refractivity contribution is 0.487. The predicted octanol–water partition coefficient (Wildman–Crippen LogP) is 6.82.